The molecule has 0 bridgehead atoms. The van der Waals surface area contributed by atoms with Crippen molar-refractivity contribution in [2.24, 2.45) is 16.8 Å². The zero-order valence-electron chi connectivity index (χ0n) is 11.4. The third-order valence-electron chi connectivity index (χ3n) is 3.64. The van der Waals surface area contributed by atoms with E-state index in [-0.39, 0.29) is 11.4 Å². The lowest BCUT2D eigenvalue weighted by atomic mass is 10.1. The van der Waals surface area contributed by atoms with E-state index in [0.29, 0.717) is 10.8 Å². The van der Waals surface area contributed by atoms with E-state index in [1.54, 1.807) is 0 Å². The molecule has 0 saturated heterocycles. The maximum absolute atomic E-state index is 12.7. The predicted molar refractivity (Wildman–Crippen MR) is 76.6 cm³/mol. The van der Waals surface area contributed by atoms with Gasteiger partial charge in [-0.15, -0.1) is 11.8 Å². The molecule has 116 valence electrons. The summed E-state index contributed by atoms with van der Waals surface area (Å²) in [5.74, 6) is 1.14. The Morgan fingerprint density at radius 2 is 2.00 bits per heavy atom. The van der Waals surface area contributed by atoms with Crippen molar-refractivity contribution < 1.29 is 18.4 Å². The van der Waals surface area contributed by atoms with Crippen LogP contribution in [-0.2, 0) is 6.18 Å². The minimum absolute atomic E-state index is 0.135. The summed E-state index contributed by atoms with van der Waals surface area (Å²) in [6.07, 6.45) is 0.300. The fraction of sp³-hybridized carbons (Fsp3) is 0.500. The number of thioether (sulfide) groups is 1. The summed E-state index contributed by atoms with van der Waals surface area (Å²) in [4.78, 5) is 0.616. The first-order valence-electron chi connectivity index (χ1n) is 6.73. The van der Waals surface area contributed by atoms with Gasteiger partial charge in [-0.05, 0) is 37.0 Å². The van der Waals surface area contributed by atoms with Crippen LogP contribution in [0.2, 0.25) is 0 Å². The summed E-state index contributed by atoms with van der Waals surface area (Å²) in [5, 5.41) is 11.6. The van der Waals surface area contributed by atoms with Crippen molar-refractivity contribution in [1.82, 2.24) is 0 Å². The second kappa shape index (κ2) is 6.60. The molecule has 0 unspecified atom stereocenters. The molecule has 1 aromatic rings. The van der Waals surface area contributed by atoms with E-state index in [0.717, 1.165) is 30.7 Å². The summed E-state index contributed by atoms with van der Waals surface area (Å²) in [7, 11) is 0. The standard InChI is InChI=1S/C14H17F3N2OS/c15-14(16,17)10-5-6-12(11(7-10)13(18)19-20)21-8-9-3-1-2-4-9/h5-7,9,20H,1-4,8H2,(H2,18,19). The summed E-state index contributed by atoms with van der Waals surface area (Å²) in [6, 6.07) is 3.37. The van der Waals surface area contributed by atoms with Gasteiger partial charge in [0, 0.05) is 16.2 Å². The van der Waals surface area contributed by atoms with Crippen LogP contribution in [0.1, 0.15) is 36.8 Å². The molecule has 3 N–H and O–H groups in total. The van der Waals surface area contributed by atoms with Crippen LogP contribution in [0, 0.1) is 5.92 Å². The van der Waals surface area contributed by atoms with Crippen LogP contribution in [0.5, 0.6) is 0 Å². The molecule has 1 fully saturated rings. The quantitative estimate of drug-likeness (QED) is 0.289. The maximum Gasteiger partial charge on any atom is 0.416 e. The zero-order valence-corrected chi connectivity index (χ0v) is 12.2. The monoisotopic (exact) mass is 318 g/mol. The third-order valence-corrected chi connectivity index (χ3v) is 4.94. The van der Waals surface area contributed by atoms with E-state index in [1.165, 1.54) is 30.7 Å². The van der Waals surface area contributed by atoms with Gasteiger partial charge < -0.3 is 10.9 Å². The molecule has 1 aliphatic carbocycles. The van der Waals surface area contributed by atoms with Crippen LogP contribution in [0.3, 0.4) is 0 Å². The van der Waals surface area contributed by atoms with E-state index >= 15 is 0 Å². The topological polar surface area (TPSA) is 58.6 Å². The number of nitrogens with zero attached hydrogens (tertiary/aromatic N) is 1. The molecule has 2 rings (SSSR count). The summed E-state index contributed by atoms with van der Waals surface area (Å²) in [6.45, 7) is 0. The maximum atomic E-state index is 12.7. The van der Waals surface area contributed by atoms with Crippen LogP contribution >= 0.6 is 11.8 Å². The summed E-state index contributed by atoms with van der Waals surface area (Å²) < 4.78 is 38.2. The van der Waals surface area contributed by atoms with Gasteiger partial charge in [0.15, 0.2) is 5.84 Å². The molecule has 3 nitrogen and oxygen atoms in total. The number of nitrogens with two attached hydrogens (primary N) is 1. The largest absolute Gasteiger partial charge is 0.416 e. The Bertz CT molecular complexity index is 525. The second-order valence-corrected chi connectivity index (χ2v) is 6.22. The Morgan fingerprint density at radius 1 is 1.33 bits per heavy atom. The Labute approximate surface area is 125 Å². The van der Waals surface area contributed by atoms with Gasteiger partial charge >= 0.3 is 6.18 Å². The Morgan fingerprint density at radius 3 is 2.57 bits per heavy atom. The lowest BCUT2D eigenvalue weighted by Crippen LogP contribution is -2.16. The molecular formula is C14H17F3N2OS. The predicted octanol–water partition coefficient (Wildman–Crippen LogP) is 4.08. The second-order valence-electron chi connectivity index (χ2n) is 5.16. The number of hydrogen-bond acceptors (Lipinski definition) is 3. The van der Waals surface area contributed by atoms with Gasteiger partial charge in [0.1, 0.15) is 0 Å². The lowest BCUT2D eigenvalue weighted by molar-refractivity contribution is -0.137. The molecule has 21 heavy (non-hydrogen) atoms. The molecule has 1 saturated carbocycles. The summed E-state index contributed by atoms with van der Waals surface area (Å²) in [5.41, 5.74) is 4.85. The highest BCUT2D eigenvalue weighted by Gasteiger charge is 2.31. The molecule has 0 spiro atoms. The van der Waals surface area contributed by atoms with Gasteiger partial charge in [0.05, 0.1) is 5.56 Å². The van der Waals surface area contributed by atoms with Crippen molar-refractivity contribution in [1.29, 1.82) is 0 Å². The molecule has 7 heteroatoms. The van der Waals surface area contributed by atoms with Crippen molar-refractivity contribution in [3.63, 3.8) is 0 Å². The Balaban J connectivity index is 2.22. The Hall–Kier alpha value is -1.37. The lowest BCUT2D eigenvalue weighted by Gasteiger charge is -2.14. The molecule has 0 amide bonds. The molecule has 0 aliphatic heterocycles. The number of benzene rings is 1. The van der Waals surface area contributed by atoms with Gasteiger partial charge in [-0.1, -0.05) is 18.0 Å². The molecule has 1 aliphatic rings. The van der Waals surface area contributed by atoms with E-state index in [1.807, 2.05) is 0 Å². The van der Waals surface area contributed by atoms with Crippen LogP contribution < -0.4 is 5.73 Å². The van der Waals surface area contributed by atoms with Crippen molar-refractivity contribution in [2.75, 3.05) is 5.75 Å². The normalized spacial score (nSPS) is 17.4. The van der Waals surface area contributed by atoms with E-state index in [2.05, 4.69) is 5.16 Å². The molecule has 1 aromatic carbocycles. The van der Waals surface area contributed by atoms with Crippen molar-refractivity contribution in [2.45, 2.75) is 36.8 Å². The highest BCUT2D eigenvalue weighted by atomic mass is 32.2. The number of hydrogen-bond donors (Lipinski definition) is 2. The van der Waals surface area contributed by atoms with E-state index in [4.69, 9.17) is 10.9 Å². The fourth-order valence-electron chi connectivity index (χ4n) is 2.47. The van der Waals surface area contributed by atoms with Gasteiger partial charge in [-0.2, -0.15) is 13.2 Å². The van der Waals surface area contributed by atoms with Crippen molar-refractivity contribution in [3.05, 3.63) is 29.3 Å². The smallest absolute Gasteiger partial charge is 0.409 e. The van der Waals surface area contributed by atoms with Crippen LogP contribution in [-0.4, -0.2) is 16.8 Å². The first-order valence-corrected chi connectivity index (χ1v) is 7.72. The SMILES string of the molecule is NC(=NO)c1cc(C(F)(F)F)ccc1SCC1CCCC1. The fourth-order valence-corrected chi connectivity index (χ4v) is 3.70. The number of alkyl halides is 3. The highest BCUT2D eigenvalue weighted by Crippen LogP contribution is 2.35. The minimum atomic E-state index is -4.45. The molecule has 0 aromatic heterocycles. The molecule has 0 heterocycles. The number of amidine groups is 1. The molecular weight excluding hydrogens is 301 g/mol. The number of halogens is 3. The van der Waals surface area contributed by atoms with E-state index in [9.17, 15) is 13.2 Å². The number of oxime groups is 1. The van der Waals surface area contributed by atoms with Gasteiger partial charge in [-0.3, -0.25) is 0 Å². The molecule has 0 radical (unpaired) electrons. The van der Waals surface area contributed by atoms with E-state index < -0.39 is 11.7 Å². The van der Waals surface area contributed by atoms with Crippen LogP contribution in [0.15, 0.2) is 28.3 Å². The zero-order chi connectivity index (χ0) is 15.5. The first-order chi connectivity index (χ1) is 9.91. The van der Waals surface area contributed by atoms with Crippen LogP contribution in [0.25, 0.3) is 0 Å². The molecule has 0 atom stereocenters. The van der Waals surface area contributed by atoms with Gasteiger partial charge in [0.25, 0.3) is 0 Å². The minimum Gasteiger partial charge on any atom is -0.409 e. The Kier molecular flexibility index (Phi) is 5.03. The number of rotatable bonds is 4. The van der Waals surface area contributed by atoms with Crippen molar-refractivity contribution in [3.8, 4) is 0 Å². The van der Waals surface area contributed by atoms with Gasteiger partial charge in [-0.25, -0.2) is 0 Å². The average Bonchev–Trinajstić information content (AvgIpc) is 2.96. The third kappa shape index (κ3) is 4.06. The van der Waals surface area contributed by atoms with Gasteiger partial charge in [0.2, 0.25) is 0 Å². The first kappa shape index (κ1) is 16.0. The van der Waals surface area contributed by atoms with Crippen LogP contribution in [0.4, 0.5) is 13.2 Å². The van der Waals surface area contributed by atoms with Crippen molar-refractivity contribution >= 4 is 17.6 Å². The summed E-state index contributed by atoms with van der Waals surface area (Å²) >= 11 is 1.47. The highest BCUT2D eigenvalue weighted by molar-refractivity contribution is 7.99. The average molecular weight is 318 g/mol.